The van der Waals surface area contributed by atoms with E-state index in [9.17, 15) is 14.4 Å². The average molecular weight is 419 g/mol. The molecule has 7 heteroatoms. The first-order valence-corrected chi connectivity index (χ1v) is 12.0. The number of amides is 2. The number of aryl methyl sites for hydroxylation is 1. The average Bonchev–Trinajstić information content (AvgIpc) is 3.64. The lowest BCUT2D eigenvalue weighted by Gasteiger charge is -2.22. The van der Waals surface area contributed by atoms with E-state index in [2.05, 4.69) is 17.4 Å². The highest BCUT2D eigenvalue weighted by atomic mass is 16.2. The number of rotatable bonds is 2. The number of fused-ring (bicyclic) bond motifs is 4. The van der Waals surface area contributed by atoms with Crippen LogP contribution in [0.3, 0.4) is 0 Å². The summed E-state index contributed by atoms with van der Waals surface area (Å²) in [5.41, 5.74) is 2.81. The molecule has 2 amide bonds. The van der Waals surface area contributed by atoms with Gasteiger partial charge in [-0.2, -0.15) is 0 Å². The third kappa shape index (κ3) is 2.95. The number of imidazole rings is 1. The Labute approximate surface area is 182 Å². The molecule has 1 aromatic carbocycles. The van der Waals surface area contributed by atoms with Crippen LogP contribution in [0.25, 0.3) is 11.0 Å². The molecule has 2 aliphatic heterocycles. The Kier molecular flexibility index (Phi) is 4.28. The molecule has 6 nitrogen and oxygen atoms in total. The van der Waals surface area contributed by atoms with Crippen molar-refractivity contribution in [3.05, 3.63) is 34.2 Å². The van der Waals surface area contributed by atoms with Gasteiger partial charge in [0, 0.05) is 13.5 Å². The molecule has 2 aliphatic carbocycles. The lowest BCUT2D eigenvalue weighted by Crippen LogP contribution is -2.44. The number of hydrogen-bond acceptors (Lipinski definition) is 3. The van der Waals surface area contributed by atoms with E-state index in [1.807, 2.05) is 6.07 Å². The van der Waals surface area contributed by atoms with Crippen molar-refractivity contribution in [1.29, 1.82) is 0 Å². The van der Waals surface area contributed by atoms with Crippen LogP contribution in [0.4, 0.5) is 0 Å². The number of nitrogens with zero attached hydrogens (tertiary/aromatic N) is 2. The molecule has 2 aromatic rings. The first-order chi connectivity index (χ1) is 15.0. The minimum atomic E-state index is -0.619. The molecule has 1 aromatic heterocycles. The molecule has 2 saturated carbocycles. The summed E-state index contributed by atoms with van der Waals surface area (Å²) in [6.45, 7) is 0. The van der Waals surface area contributed by atoms with E-state index in [1.54, 1.807) is 16.2 Å². The van der Waals surface area contributed by atoms with Gasteiger partial charge < -0.3 is 0 Å². The van der Waals surface area contributed by atoms with E-state index in [-0.39, 0.29) is 23.9 Å². The fraction of sp³-hybridized carbons (Fsp3) is 0.625. The zero-order chi connectivity index (χ0) is 21.3. The van der Waals surface area contributed by atoms with Crippen LogP contribution in [0.5, 0.6) is 0 Å². The van der Waals surface area contributed by atoms with Crippen LogP contribution in [-0.2, 0) is 16.6 Å². The molecule has 4 aliphatic rings. The fourth-order valence-corrected chi connectivity index (χ4v) is 7.01. The molecular weight excluding hydrogens is 389 g/mol. The quantitative estimate of drug-likeness (QED) is 0.601. The standard InChI is InChI=1S/C24H30BN3O3/c1-27-20-12-15(14-4-2-3-5-16-17(8-6-14)24(16)13-25-24)7-9-18(20)28(23(27)31)19-10-11-21(29)26-22(19)30/h7,9,12,14,16-17,19,25H,2-6,8,10-11,13H2,1H3,(H,26,29,30). The van der Waals surface area contributed by atoms with Gasteiger partial charge in [0.1, 0.15) is 13.3 Å². The van der Waals surface area contributed by atoms with Crippen molar-refractivity contribution in [3.8, 4) is 0 Å². The number of carbonyl (C=O) groups is 2. The lowest BCUT2D eigenvalue weighted by molar-refractivity contribution is -0.135. The summed E-state index contributed by atoms with van der Waals surface area (Å²) in [6, 6.07) is 5.75. The molecule has 4 fully saturated rings. The first kappa shape index (κ1) is 19.4. The molecular formula is C24H30BN3O3. The molecule has 3 heterocycles. The summed E-state index contributed by atoms with van der Waals surface area (Å²) in [5, 5.41) is 3.14. The number of aromatic nitrogens is 2. The van der Waals surface area contributed by atoms with Crippen molar-refractivity contribution in [2.45, 2.75) is 75.0 Å². The Morgan fingerprint density at radius 1 is 1.00 bits per heavy atom. The van der Waals surface area contributed by atoms with Gasteiger partial charge in [0.25, 0.3) is 0 Å². The van der Waals surface area contributed by atoms with E-state index in [1.165, 1.54) is 57.7 Å². The van der Waals surface area contributed by atoms with Crippen molar-refractivity contribution in [3.63, 3.8) is 0 Å². The number of carbonyl (C=O) groups excluding carboxylic acids is 2. The smallest absolute Gasteiger partial charge is 0.295 e. The highest BCUT2D eigenvalue weighted by molar-refractivity contribution is 6.56. The van der Waals surface area contributed by atoms with Gasteiger partial charge >= 0.3 is 5.69 Å². The SMILES string of the molecule is Cn1c(=O)n(C2CCC(=O)NC2=O)c2ccc(C3CCCCC4C(CC3)C43BC3)cc21. The summed E-state index contributed by atoms with van der Waals surface area (Å²) < 4.78 is 3.24. The van der Waals surface area contributed by atoms with Gasteiger partial charge in [-0.1, -0.05) is 37.0 Å². The van der Waals surface area contributed by atoms with E-state index >= 15 is 0 Å². The fourth-order valence-electron chi connectivity index (χ4n) is 7.01. The van der Waals surface area contributed by atoms with Crippen LogP contribution in [0, 0.1) is 11.8 Å². The summed E-state index contributed by atoms with van der Waals surface area (Å²) in [6.07, 6.45) is 10.00. The molecule has 0 bridgehead atoms. The predicted octanol–water partition coefficient (Wildman–Crippen LogP) is 3.03. The summed E-state index contributed by atoms with van der Waals surface area (Å²) in [7, 11) is 3.25. The van der Waals surface area contributed by atoms with Crippen LogP contribution in [0.15, 0.2) is 23.0 Å². The number of piperidine rings is 1. The topological polar surface area (TPSA) is 73.1 Å². The zero-order valence-electron chi connectivity index (χ0n) is 18.2. The maximum absolute atomic E-state index is 13.0. The largest absolute Gasteiger partial charge is 0.329 e. The highest BCUT2D eigenvalue weighted by Gasteiger charge is 2.70. The van der Waals surface area contributed by atoms with Crippen molar-refractivity contribution in [1.82, 2.24) is 14.5 Å². The molecule has 5 atom stereocenters. The predicted molar refractivity (Wildman–Crippen MR) is 121 cm³/mol. The van der Waals surface area contributed by atoms with Gasteiger partial charge in [0.15, 0.2) is 0 Å². The Hall–Kier alpha value is -2.31. The van der Waals surface area contributed by atoms with E-state index < -0.39 is 6.04 Å². The highest BCUT2D eigenvalue weighted by Crippen LogP contribution is 2.80. The van der Waals surface area contributed by atoms with Gasteiger partial charge in [0.2, 0.25) is 11.8 Å². The summed E-state index contributed by atoms with van der Waals surface area (Å²) in [4.78, 5) is 37.0. The molecule has 6 rings (SSSR count). The molecule has 1 N–H and O–H groups in total. The summed E-state index contributed by atoms with van der Waals surface area (Å²) in [5.74, 6) is 1.89. The van der Waals surface area contributed by atoms with Gasteiger partial charge in [-0.25, -0.2) is 4.79 Å². The number of hydrogen-bond donors (Lipinski definition) is 1. The van der Waals surface area contributed by atoms with Crippen molar-refractivity contribution < 1.29 is 9.59 Å². The molecule has 0 radical (unpaired) electrons. The van der Waals surface area contributed by atoms with Crippen LogP contribution in [-0.4, -0.2) is 28.2 Å². The number of imide groups is 1. The third-order valence-electron chi connectivity index (χ3n) is 8.93. The second kappa shape index (κ2) is 6.85. The van der Waals surface area contributed by atoms with E-state index in [0.29, 0.717) is 12.3 Å². The van der Waals surface area contributed by atoms with Crippen LogP contribution >= 0.6 is 0 Å². The molecule has 2 saturated heterocycles. The Morgan fingerprint density at radius 2 is 1.77 bits per heavy atom. The number of benzene rings is 1. The minimum absolute atomic E-state index is 0.187. The normalized spacial score (nSPS) is 35.0. The van der Waals surface area contributed by atoms with Gasteiger partial charge in [0.05, 0.1) is 11.0 Å². The Balaban J connectivity index is 1.31. The minimum Gasteiger partial charge on any atom is -0.295 e. The second-order valence-corrected chi connectivity index (χ2v) is 10.4. The van der Waals surface area contributed by atoms with Crippen molar-refractivity contribution >= 4 is 30.1 Å². The maximum Gasteiger partial charge on any atom is 0.329 e. The van der Waals surface area contributed by atoms with Crippen LogP contribution in [0.2, 0.25) is 11.6 Å². The second-order valence-electron chi connectivity index (χ2n) is 10.4. The molecule has 1 spiro atoms. The molecule has 162 valence electrons. The van der Waals surface area contributed by atoms with E-state index in [4.69, 9.17) is 0 Å². The van der Waals surface area contributed by atoms with Crippen LogP contribution in [0.1, 0.15) is 68.9 Å². The van der Waals surface area contributed by atoms with Crippen molar-refractivity contribution in [2.24, 2.45) is 18.9 Å². The maximum atomic E-state index is 13.0. The Morgan fingerprint density at radius 3 is 2.55 bits per heavy atom. The first-order valence-electron chi connectivity index (χ1n) is 12.0. The van der Waals surface area contributed by atoms with Crippen molar-refractivity contribution in [2.75, 3.05) is 0 Å². The van der Waals surface area contributed by atoms with Gasteiger partial charge in [-0.3, -0.25) is 24.0 Å². The number of nitrogens with one attached hydrogen (secondary N) is 1. The monoisotopic (exact) mass is 419 g/mol. The van der Waals surface area contributed by atoms with E-state index in [0.717, 1.165) is 28.2 Å². The Bertz CT molecular complexity index is 1140. The zero-order valence-corrected chi connectivity index (χ0v) is 18.2. The molecule has 31 heavy (non-hydrogen) atoms. The summed E-state index contributed by atoms with van der Waals surface area (Å²) >= 11 is 0. The van der Waals surface area contributed by atoms with Crippen LogP contribution < -0.4 is 11.0 Å². The van der Waals surface area contributed by atoms with Gasteiger partial charge in [-0.15, -0.1) is 0 Å². The molecule has 5 unspecified atom stereocenters. The third-order valence-corrected chi connectivity index (χ3v) is 8.93. The lowest BCUT2D eigenvalue weighted by atomic mass is 9.87. The van der Waals surface area contributed by atoms with Gasteiger partial charge in [-0.05, 0) is 61.1 Å².